The van der Waals surface area contributed by atoms with Crippen LogP contribution in [0.4, 0.5) is 5.82 Å². The van der Waals surface area contributed by atoms with Crippen LogP contribution in [0.15, 0.2) is 49.3 Å². The SMILES string of the molecule is Cc1ccc(OCC(=O)Nc2cc(-n3cncn3)ncn2)cc1. The highest BCUT2D eigenvalue weighted by molar-refractivity contribution is 5.91. The topological polar surface area (TPSA) is 94.8 Å². The Morgan fingerprint density at radius 3 is 2.78 bits per heavy atom. The number of carbonyl (C=O) groups is 1. The van der Waals surface area contributed by atoms with Gasteiger partial charge >= 0.3 is 0 Å². The molecular weight excluding hydrogens is 296 g/mol. The Hall–Kier alpha value is -3.29. The van der Waals surface area contributed by atoms with Crippen LogP contribution in [0.3, 0.4) is 0 Å². The Morgan fingerprint density at radius 1 is 1.22 bits per heavy atom. The van der Waals surface area contributed by atoms with Crippen molar-refractivity contribution in [1.29, 1.82) is 0 Å². The van der Waals surface area contributed by atoms with E-state index in [9.17, 15) is 4.79 Å². The zero-order valence-corrected chi connectivity index (χ0v) is 12.4. The first-order valence-electron chi connectivity index (χ1n) is 6.87. The van der Waals surface area contributed by atoms with Gasteiger partial charge in [-0.1, -0.05) is 17.7 Å². The molecule has 116 valence electrons. The fraction of sp³-hybridized carbons (Fsp3) is 0.133. The second-order valence-electron chi connectivity index (χ2n) is 4.75. The minimum absolute atomic E-state index is 0.105. The smallest absolute Gasteiger partial charge is 0.263 e. The van der Waals surface area contributed by atoms with Crippen molar-refractivity contribution < 1.29 is 9.53 Å². The highest BCUT2D eigenvalue weighted by atomic mass is 16.5. The molecule has 0 spiro atoms. The van der Waals surface area contributed by atoms with Crippen LogP contribution in [0.25, 0.3) is 5.82 Å². The van der Waals surface area contributed by atoms with Crippen molar-refractivity contribution in [2.45, 2.75) is 6.92 Å². The van der Waals surface area contributed by atoms with Crippen LogP contribution in [0.1, 0.15) is 5.56 Å². The first-order chi connectivity index (χ1) is 11.2. The summed E-state index contributed by atoms with van der Waals surface area (Å²) in [6, 6.07) is 9.06. The predicted octanol–water partition coefficient (Wildman–Crippen LogP) is 1.38. The maximum Gasteiger partial charge on any atom is 0.263 e. The van der Waals surface area contributed by atoms with Gasteiger partial charge < -0.3 is 10.1 Å². The second-order valence-corrected chi connectivity index (χ2v) is 4.75. The first kappa shape index (κ1) is 14.6. The first-order valence-corrected chi connectivity index (χ1v) is 6.87. The molecule has 23 heavy (non-hydrogen) atoms. The third kappa shape index (κ3) is 3.88. The van der Waals surface area contributed by atoms with Gasteiger partial charge in [-0.25, -0.2) is 19.6 Å². The molecule has 0 radical (unpaired) electrons. The number of nitrogens with one attached hydrogen (secondary N) is 1. The van der Waals surface area contributed by atoms with Gasteiger partial charge in [0.2, 0.25) is 0 Å². The molecule has 1 N–H and O–H groups in total. The van der Waals surface area contributed by atoms with Crippen molar-refractivity contribution in [1.82, 2.24) is 24.7 Å². The van der Waals surface area contributed by atoms with Crippen LogP contribution in [0, 0.1) is 6.92 Å². The third-order valence-corrected chi connectivity index (χ3v) is 2.96. The maximum atomic E-state index is 11.9. The molecule has 0 aliphatic heterocycles. The Kier molecular flexibility index (Phi) is 4.23. The van der Waals surface area contributed by atoms with Crippen LogP contribution >= 0.6 is 0 Å². The third-order valence-electron chi connectivity index (χ3n) is 2.96. The Balaban J connectivity index is 1.59. The van der Waals surface area contributed by atoms with E-state index in [4.69, 9.17) is 4.74 Å². The number of amides is 1. The average molecular weight is 310 g/mol. The van der Waals surface area contributed by atoms with Crippen molar-refractivity contribution in [3.8, 4) is 11.6 Å². The summed E-state index contributed by atoms with van der Waals surface area (Å²) in [5.41, 5.74) is 1.13. The molecule has 0 bridgehead atoms. The minimum atomic E-state index is -0.311. The number of rotatable bonds is 5. The lowest BCUT2D eigenvalue weighted by molar-refractivity contribution is -0.118. The number of aromatic nitrogens is 5. The highest BCUT2D eigenvalue weighted by Crippen LogP contribution is 2.11. The normalized spacial score (nSPS) is 10.3. The zero-order valence-electron chi connectivity index (χ0n) is 12.4. The summed E-state index contributed by atoms with van der Waals surface area (Å²) in [6.45, 7) is 1.88. The summed E-state index contributed by atoms with van der Waals surface area (Å²) < 4.78 is 6.89. The largest absolute Gasteiger partial charge is 0.484 e. The second kappa shape index (κ2) is 6.65. The molecule has 0 unspecified atom stereocenters. The van der Waals surface area contributed by atoms with E-state index in [1.807, 2.05) is 31.2 Å². The van der Waals surface area contributed by atoms with Gasteiger partial charge in [0.1, 0.15) is 30.5 Å². The van der Waals surface area contributed by atoms with Crippen molar-refractivity contribution in [2.75, 3.05) is 11.9 Å². The quantitative estimate of drug-likeness (QED) is 0.765. The Morgan fingerprint density at radius 2 is 2.04 bits per heavy atom. The number of ether oxygens (including phenoxy) is 1. The number of aryl methyl sites for hydroxylation is 1. The molecule has 2 heterocycles. The average Bonchev–Trinajstić information content (AvgIpc) is 3.09. The summed E-state index contributed by atoms with van der Waals surface area (Å²) in [7, 11) is 0. The number of hydrogen-bond acceptors (Lipinski definition) is 6. The van der Waals surface area contributed by atoms with E-state index >= 15 is 0 Å². The van der Waals surface area contributed by atoms with Crippen LogP contribution < -0.4 is 10.1 Å². The zero-order chi connectivity index (χ0) is 16.1. The summed E-state index contributed by atoms with van der Waals surface area (Å²) in [4.78, 5) is 23.8. The van der Waals surface area contributed by atoms with Gasteiger partial charge in [-0.3, -0.25) is 4.79 Å². The molecule has 0 aliphatic carbocycles. The molecule has 1 amide bonds. The predicted molar refractivity (Wildman–Crippen MR) is 82.3 cm³/mol. The van der Waals surface area contributed by atoms with Gasteiger partial charge in [0.05, 0.1) is 0 Å². The van der Waals surface area contributed by atoms with Gasteiger partial charge in [0.15, 0.2) is 12.4 Å². The Labute approximate surface area is 132 Å². The Bertz CT molecular complexity index is 786. The molecule has 8 heteroatoms. The van der Waals surface area contributed by atoms with E-state index in [0.717, 1.165) is 5.56 Å². The van der Waals surface area contributed by atoms with Crippen LogP contribution in [-0.2, 0) is 4.79 Å². The van der Waals surface area contributed by atoms with Gasteiger partial charge in [-0.15, -0.1) is 0 Å². The number of nitrogens with zero attached hydrogens (tertiary/aromatic N) is 5. The summed E-state index contributed by atoms with van der Waals surface area (Å²) in [5, 5.41) is 6.62. The van der Waals surface area contributed by atoms with E-state index < -0.39 is 0 Å². The lowest BCUT2D eigenvalue weighted by Gasteiger charge is -2.08. The molecule has 0 saturated carbocycles. The van der Waals surface area contributed by atoms with Gasteiger partial charge in [0, 0.05) is 6.07 Å². The standard InChI is InChI=1S/C15H14N6O2/c1-11-2-4-12(5-3-11)23-7-15(22)20-13-6-14(18-9-17-13)21-10-16-8-19-21/h2-6,8-10H,7H2,1H3,(H,17,18,20,22). The molecule has 3 aromatic rings. The van der Waals surface area contributed by atoms with Gasteiger partial charge in [-0.2, -0.15) is 5.10 Å². The lowest BCUT2D eigenvalue weighted by atomic mass is 10.2. The lowest BCUT2D eigenvalue weighted by Crippen LogP contribution is -2.21. The highest BCUT2D eigenvalue weighted by Gasteiger charge is 2.07. The van der Waals surface area contributed by atoms with Crippen molar-refractivity contribution in [3.63, 3.8) is 0 Å². The molecule has 1 aromatic carbocycles. The molecule has 0 aliphatic rings. The molecule has 3 rings (SSSR count). The van der Waals surface area contributed by atoms with Crippen molar-refractivity contribution >= 4 is 11.7 Å². The monoisotopic (exact) mass is 310 g/mol. The van der Waals surface area contributed by atoms with E-state index in [1.54, 1.807) is 6.07 Å². The van der Waals surface area contributed by atoms with E-state index in [2.05, 4.69) is 25.4 Å². The van der Waals surface area contributed by atoms with Gasteiger partial charge in [0.25, 0.3) is 5.91 Å². The van der Waals surface area contributed by atoms with E-state index in [-0.39, 0.29) is 12.5 Å². The number of carbonyl (C=O) groups excluding carboxylic acids is 1. The minimum Gasteiger partial charge on any atom is -0.484 e. The number of benzene rings is 1. The van der Waals surface area contributed by atoms with Crippen LogP contribution in [0.5, 0.6) is 5.75 Å². The fourth-order valence-corrected chi connectivity index (χ4v) is 1.83. The fourth-order valence-electron chi connectivity index (χ4n) is 1.83. The molecule has 0 saturated heterocycles. The summed E-state index contributed by atoms with van der Waals surface area (Å²) >= 11 is 0. The molecule has 0 fully saturated rings. The summed E-state index contributed by atoms with van der Waals surface area (Å²) in [5.74, 6) is 1.20. The number of anilines is 1. The molecule has 8 nitrogen and oxygen atoms in total. The van der Waals surface area contributed by atoms with Crippen LogP contribution in [0.2, 0.25) is 0 Å². The maximum absolute atomic E-state index is 11.9. The van der Waals surface area contributed by atoms with E-state index in [1.165, 1.54) is 23.7 Å². The molecular formula is C15H14N6O2. The molecule has 0 atom stereocenters. The van der Waals surface area contributed by atoms with Crippen LogP contribution in [-0.4, -0.2) is 37.2 Å². The van der Waals surface area contributed by atoms with Gasteiger partial charge in [-0.05, 0) is 19.1 Å². The number of hydrogen-bond donors (Lipinski definition) is 1. The molecule has 2 aromatic heterocycles. The van der Waals surface area contributed by atoms with Crippen molar-refractivity contribution in [3.05, 3.63) is 54.9 Å². The van der Waals surface area contributed by atoms with Crippen molar-refractivity contribution in [2.24, 2.45) is 0 Å². The summed E-state index contributed by atoms with van der Waals surface area (Å²) in [6.07, 6.45) is 4.25. The van der Waals surface area contributed by atoms with E-state index in [0.29, 0.717) is 17.4 Å².